The standard InChI is InChI=1S/CH4N2.3BrH.Pb/c2-1-3;;;;/h1H,(H3,2,3);3*1H;/q;;;;+2/p-2. The molecule has 2 radical (unpaired) electrons. The third kappa shape index (κ3) is 79.4. The van der Waals surface area contributed by atoms with Gasteiger partial charge in [-0.15, -0.1) is 0 Å². The molecule has 0 aliphatic heterocycles. The Morgan fingerprint density at radius 3 is 1.14 bits per heavy atom. The molecule has 0 aromatic carbocycles. The second kappa shape index (κ2) is 45.6. The van der Waals surface area contributed by atoms with Gasteiger partial charge in [0.15, 0.2) is 0 Å². The molecule has 0 saturated carbocycles. The predicted octanol–water partition coefficient (Wildman–Crippen LogP) is -11.6. The Hall–Kier alpha value is 1.83. The van der Waals surface area contributed by atoms with Gasteiger partial charge < -0.3 is 50.9 Å². The fraction of sp³-hybridized carbons (Fsp3) is 0. The second-order valence-electron chi connectivity index (χ2n) is 0.192. The zero-order chi connectivity index (χ0) is 2.71. The predicted molar refractivity (Wildman–Crippen MR) is 17.9 cm³/mol. The largest absolute Gasteiger partial charge is 2.00 e. The first-order valence-electron chi connectivity index (χ1n) is 0.667. The molecular weight excluding hydrogens is 487 g/mol. The van der Waals surface area contributed by atoms with E-state index in [0.29, 0.717) is 0 Å². The summed E-state index contributed by atoms with van der Waals surface area (Å²) in [6.45, 7) is 0. The molecule has 7 heavy (non-hydrogen) atoms. The Morgan fingerprint density at radius 2 is 1.14 bits per heavy atom. The molecule has 0 aromatic rings. The van der Waals surface area contributed by atoms with Crippen LogP contribution in [0.25, 0.3) is 0 Å². The summed E-state index contributed by atoms with van der Waals surface area (Å²) in [6.07, 6.45) is 1.00. The Morgan fingerprint density at radius 1 is 1.14 bits per heavy atom. The van der Waals surface area contributed by atoms with Gasteiger partial charge in [-0.1, -0.05) is 0 Å². The van der Waals surface area contributed by atoms with Crippen molar-refractivity contribution in [2.24, 2.45) is 5.73 Å². The van der Waals surface area contributed by atoms with E-state index < -0.39 is 0 Å². The van der Waals surface area contributed by atoms with Gasteiger partial charge in [0.1, 0.15) is 0 Å². The van der Waals surface area contributed by atoms with Gasteiger partial charge in [0, 0.05) is 0 Å². The van der Waals surface area contributed by atoms with Gasteiger partial charge in [-0.2, -0.15) is 0 Å². The van der Waals surface area contributed by atoms with Crippen molar-refractivity contribution in [3.05, 3.63) is 0 Å². The fourth-order valence-corrected chi connectivity index (χ4v) is 0. The summed E-state index contributed by atoms with van der Waals surface area (Å²) < 4.78 is 0. The average molecular weight is 492 g/mol. The van der Waals surface area contributed by atoms with E-state index in [-0.39, 0.29) is 78.2 Å². The maximum absolute atomic E-state index is 4.50. The Kier molecular flexibility index (Phi) is 240. The molecule has 0 bridgehead atoms. The minimum Gasteiger partial charge on any atom is -1.00 e. The molecular formula is CH5Br3N2Pb. The van der Waals surface area contributed by atoms with Gasteiger partial charge in [-0.05, 0) is 0 Å². The molecule has 0 aliphatic rings. The van der Waals surface area contributed by atoms with Crippen LogP contribution in [0.4, 0.5) is 0 Å². The van der Waals surface area contributed by atoms with Crippen molar-refractivity contribution in [2.45, 2.75) is 0 Å². The van der Waals surface area contributed by atoms with Crippen molar-refractivity contribution in [2.75, 3.05) is 0 Å². The molecule has 0 rings (SSSR count). The van der Waals surface area contributed by atoms with E-state index in [1.54, 1.807) is 0 Å². The van der Waals surface area contributed by atoms with Crippen LogP contribution in [0.5, 0.6) is 0 Å². The van der Waals surface area contributed by atoms with Crippen molar-refractivity contribution < 1.29 is 56.4 Å². The molecule has 6 heteroatoms. The van der Waals surface area contributed by atoms with Crippen LogP contribution in [0, 0.1) is 0 Å². The number of nitrogens with two attached hydrogens (primary N) is 2. The van der Waals surface area contributed by atoms with Gasteiger partial charge in [0.05, 0.1) is 0 Å². The molecule has 0 unspecified atom stereocenters. The molecule has 0 aliphatic carbocycles. The summed E-state index contributed by atoms with van der Waals surface area (Å²) in [6, 6.07) is 0. The van der Waals surface area contributed by atoms with Crippen LogP contribution in [-0.4, -0.2) is 33.6 Å². The summed E-state index contributed by atoms with van der Waals surface area (Å²) >= 11 is 0. The van der Waals surface area contributed by atoms with E-state index >= 15 is 0 Å². The molecule has 0 atom stereocenters. The second-order valence-corrected chi connectivity index (χ2v) is 0.192. The number of hydrogen-bond donors (Lipinski definition) is 2. The minimum atomic E-state index is 0. The molecule has 0 fully saturated rings. The van der Waals surface area contributed by atoms with E-state index in [1.807, 2.05) is 0 Å². The Bertz CT molecular complexity index is 20.4. The third-order valence-corrected chi connectivity index (χ3v) is 0. The van der Waals surface area contributed by atoms with Crippen LogP contribution in [-0.2, 0) is 0 Å². The van der Waals surface area contributed by atoms with E-state index in [1.165, 1.54) is 0 Å². The topological polar surface area (TPSA) is 51.6 Å². The van der Waals surface area contributed by atoms with E-state index in [2.05, 4.69) is 11.1 Å². The maximum atomic E-state index is 4.50. The van der Waals surface area contributed by atoms with Gasteiger partial charge in [0.2, 0.25) is 6.34 Å². The van der Waals surface area contributed by atoms with Gasteiger partial charge in [-0.3, -0.25) is 11.1 Å². The smallest absolute Gasteiger partial charge is 1.00 e. The molecule has 0 heterocycles. The summed E-state index contributed by atoms with van der Waals surface area (Å²) in [7, 11) is 0. The van der Waals surface area contributed by atoms with Crippen LogP contribution in [0.1, 0.15) is 0 Å². The summed E-state index contributed by atoms with van der Waals surface area (Å²) in [5.74, 6) is 0. The molecule has 2 nitrogen and oxygen atoms in total. The van der Waals surface area contributed by atoms with Crippen molar-refractivity contribution in [3.8, 4) is 0 Å². The first kappa shape index (κ1) is 36.9. The quantitative estimate of drug-likeness (QED) is 0.197. The van der Waals surface area contributed by atoms with E-state index in [0.717, 1.165) is 6.34 Å². The van der Waals surface area contributed by atoms with Gasteiger partial charge >= 0.3 is 27.3 Å². The van der Waals surface area contributed by atoms with Crippen molar-refractivity contribution >= 4 is 33.6 Å². The third-order valence-electron chi connectivity index (χ3n) is 0. The molecule has 0 spiro atoms. The average Bonchev–Trinajstić information content (AvgIpc) is 0.918. The summed E-state index contributed by atoms with van der Waals surface area (Å²) in [4.78, 5) is 0. The first-order chi connectivity index (χ1) is 1.41. The summed E-state index contributed by atoms with van der Waals surface area (Å²) in [5, 5.41) is 4.50. The van der Waals surface area contributed by atoms with Crippen LogP contribution >= 0.6 is 0 Å². The van der Waals surface area contributed by atoms with Gasteiger partial charge in [-0.25, -0.2) is 0 Å². The zero-order valence-electron chi connectivity index (χ0n) is 3.37. The Balaban J connectivity index is -0.00000000333. The Labute approximate surface area is 94.6 Å². The van der Waals surface area contributed by atoms with Crippen LogP contribution in [0.3, 0.4) is 0 Å². The number of hydrogen-bond acceptors (Lipinski definition) is 0. The van der Waals surface area contributed by atoms with E-state index in [4.69, 9.17) is 0 Å². The van der Waals surface area contributed by atoms with Crippen LogP contribution in [0.2, 0.25) is 0 Å². The van der Waals surface area contributed by atoms with Crippen molar-refractivity contribution in [1.82, 2.24) is 0 Å². The van der Waals surface area contributed by atoms with Crippen LogP contribution < -0.4 is 62.1 Å². The zero-order valence-corrected chi connectivity index (χ0v) is 12.0. The SMILES string of the molecule is NC=[NH2+].[Br-].[Br-].[Br-].[Pb+2]. The maximum Gasteiger partial charge on any atom is 2.00 e. The normalized spacial score (nSPS) is 1.71. The first-order valence-corrected chi connectivity index (χ1v) is 0.667. The van der Waals surface area contributed by atoms with Crippen molar-refractivity contribution in [1.29, 1.82) is 0 Å². The monoisotopic (exact) mass is 490 g/mol. The van der Waals surface area contributed by atoms with E-state index in [9.17, 15) is 0 Å². The summed E-state index contributed by atoms with van der Waals surface area (Å²) in [5.41, 5.74) is 4.50. The fourth-order valence-electron chi connectivity index (χ4n) is 0. The molecule has 44 valence electrons. The van der Waals surface area contributed by atoms with Crippen molar-refractivity contribution in [3.63, 3.8) is 0 Å². The minimum absolute atomic E-state index is 0. The number of halogens is 3. The molecule has 0 amide bonds. The molecule has 4 N–H and O–H groups in total. The number of rotatable bonds is 0. The van der Waals surface area contributed by atoms with Crippen LogP contribution in [0.15, 0.2) is 0 Å². The van der Waals surface area contributed by atoms with Gasteiger partial charge in [0.25, 0.3) is 0 Å². The molecule has 0 saturated heterocycles. The molecule has 0 aromatic heterocycles.